The molecule has 1 unspecified atom stereocenters. The van der Waals surface area contributed by atoms with Crippen LogP contribution in [-0.4, -0.2) is 49.3 Å². The van der Waals surface area contributed by atoms with Crippen LogP contribution in [0.5, 0.6) is 0 Å². The van der Waals surface area contributed by atoms with Crippen LogP contribution in [0.25, 0.3) is 0 Å². The van der Waals surface area contributed by atoms with Gasteiger partial charge in [-0.3, -0.25) is 4.79 Å². The minimum absolute atomic E-state index is 0.0715. The lowest BCUT2D eigenvalue weighted by Gasteiger charge is -2.42. The standard InChI is InChI=1S/C17H22N2O3/c1-17(2)12-19(10-15(22-17)11-21-3)16(20)8-13-4-6-14(9-18)7-5-13/h4-7,15H,8,10-12H2,1-3H3. The number of ether oxygens (including phenoxy) is 2. The number of rotatable bonds is 4. The molecule has 1 aromatic rings. The number of nitrogens with zero attached hydrogens (tertiary/aromatic N) is 2. The molecule has 0 spiro atoms. The zero-order chi connectivity index (χ0) is 16.2. The maximum absolute atomic E-state index is 12.5. The van der Waals surface area contributed by atoms with Crippen molar-refractivity contribution in [2.45, 2.75) is 32.0 Å². The second kappa shape index (κ2) is 6.91. The van der Waals surface area contributed by atoms with Gasteiger partial charge in [-0.15, -0.1) is 0 Å². The Bertz CT molecular complexity index is 560. The van der Waals surface area contributed by atoms with Crippen LogP contribution in [0.4, 0.5) is 0 Å². The van der Waals surface area contributed by atoms with E-state index in [4.69, 9.17) is 14.7 Å². The van der Waals surface area contributed by atoms with Gasteiger partial charge in [0.15, 0.2) is 0 Å². The summed E-state index contributed by atoms with van der Waals surface area (Å²) >= 11 is 0. The van der Waals surface area contributed by atoms with Crippen molar-refractivity contribution in [2.75, 3.05) is 26.8 Å². The summed E-state index contributed by atoms with van der Waals surface area (Å²) in [6, 6.07) is 9.20. The van der Waals surface area contributed by atoms with Crippen LogP contribution in [0, 0.1) is 11.3 Å². The first kappa shape index (κ1) is 16.5. The first-order valence-electron chi connectivity index (χ1n) is 7.37. The Morgan fingerprint density at radius 2 is 2.14 bits per heavy atom. The number of benzene rings is 1. The molecule has 5 heteroatoms. The molecule has 1 atom stereocenters. The molecule has 0 radical (unpaired) electrons. The zero-order valence-electron chi connectivity index (χ0n) is 13.3. The van der Waals surface area contributed by atoms with Crippen LogP contribution in [0.3, 0.4) is 0 Å². The molecule has 0 N–H and O–H groups in total. The third-order valence-corrected chi connectivity index (χ3v) is 3.63. The van der Waals surface area contributed by atoms with Crippen LogP contribution in [0.2, 0.25) is 0 Å². The van der Waals surface area contributed by atoms with Crippen LogP contribution in [0.1, 0.15) is 25.0 Å². The number of carbonyl (C=O) groups is 1. The monoisotopic (exact) mass is 302 g/mol. The predicted molar refractivity (Wildman–Crippen MR) is 82.3 cm³/mol. The van der Waals surface area contributed by atoms with Gasteiger partial charge >= 0.3 is 0 Å². The van der Waals surface area contributed by atoms with E-state index in [1.807, 2.05) is 30.9 Å². The third kappa shape index (κ3) is 4.30. The number of carbonyl (C=O) groups excluding carboxylic acids is 1. The molecule has 0 aromatic heterocycles. The van der Waals surface area contributed by atoms with Crippen molar-refractivity contribution in [1.82, 2.24) is 4.90 Å². The molecule has 0 aliphatic carbocycles. The second-order valence-corrected chi connectivity index (χ2v) is 6.21. The average molecular weight is 302 g/mol. The van der Waals surface area contributed by atoms with E-state index in [1.54, 1.807) is 19.2 Å². The molecule has 1 aromatic carbocycles. The Morgan fingerprint density at radius 1 is 1.45 bits per heavy atom. The molecule has 1 aliphatic rings. The van der Waals surface area contributed by atoms with Crippen molar-refractivity contribution in [3.63, 3.8) is 0 Å². The molecule has 0 saturated carbocycles. The van der Waals surface area contributed by atoms with E-state index in [0.717, 1.165) is 5.56 Å². The molecule has 118 valence electrons. The van der Waals surface area contributed by atoms with Gasteiger partial charge in [0.25, 0.3) is 0 Å². The lowest BCUT2D eigenvalue weighted by atomic mass is 10.0. The van der Waals surface area contributed by atoms with E-state index < -0.39 is 0 Å². The molecule has 1 aliphatic heterocycles. The largest absolute Gasteiger partial charge is 0.382 e. The number of hydrogen-bond acceptors (Lipinski definition) is 4. The van der Waals surface area contributed by atoms with Crippen molar-refractivity contribution in [1.29, 1.82) is 5.26 Å². The summed E-state index contributed by atoms with van der Waals surface area (Å²) in [4.78, 5) is 14.4. The zero-order valence-corrected chi connectivity index (χ0v) is 13.3. The molecule has 0 bridgehead atoms. The lowest BCUT2D eigenvalue weighted by molar-refractivity contribution is -0.168. The van der Waals surface area contributed by atoms with Gasteiger partial charge < -0.3 is 14.4 Å². The van der Waals surface area contributed by atoms with Crippen LogP contribution >= 0.6 is 0 Å². The number of morpholine rings is 1. The topological polar surface area (TPSA) is 62.6 Å². The Kier molecular flexibility index (Phi) is 5.17. The van der Waals surface area contributed by atoms with Gasteiger partial charge in [-0.05, 0) is 31.5 Å². The first-order valence-corrected chi connectivity index (χ1v) is 7.37. The Morgan fingerprint density at radius 3 is 2.73 bits per heavy atom. The fourth-order valence-electron chi connectivity index (χ4n) is 2.74. The highest BCUT2D eigenvalue weighted by atomic mass is 16.5. The van der Waals surface area contributed by atoms with Crippen molar-refractivity contribution < 1.29 is 14.3 Å². The lowest BCUT2D eigenvalue weighted by Crippen LogP contribution is -2.56. The van der Waals surface area contributed by atoms with Gasteiger partial charge in [0.05, 0.1) is 36.4 Å². The number of hydrogen-bond donors (Lipinski definition) is 0. The fraction of sp³-hybridized carbons (Fsp3) is 0.529. The molecular weight excluding hydrogens is 280 g/mol. The molecule has 1 amide bonds. The summed E-state index contributed by atoms with van der Waals surface area (Å²) in [5.74, 6) is 0.0715. The highest BCUT2D eigenvalue weighted by Gasteiger charge is 2.35. The number of amides is 1. The SMILES string of the molecule is COCC1CN(C(=O)Cc2ccc(C#N)cc2)CC(C)(C)O1. The van der Waals surface area contributed by atoms with Crippen molar-refractivity contribution in [2.24, 2.45) is 0 Å². The highest BCUT2D eigenvalue weighted by Crippen LogP contribution is 2.22. The first-order chi connectivity index (χ1) is 10.4. The van der Waals surface area contributed by atoms with Gasteiger partial charge in [0.2, 0.25) is 5.91 Å². The quantitative estimate of drug-likeness (QED) is 0.850. The van der Waals surface area contributed by atoms with Crippen LogP contribution < -0.4 is 0 Å². The third-order valence-electron chi connectivity index (χ3n) is 3.63. The molecule has 1 heterocycles. The molecule has 1 fully saturated rings. The summed E-state index contributed by atoms with van der Waals surface area (Å²) in [6.07, 6.45) is 0.236. The highest BCUT2D eigenvalue weighted by molar-refractivity contribution is 5.79. The molecular formula is C17H22N2O3. The Balaban J connectivity index is 2.02. The summed E-state index contributed by atoms with van der Waals surface area (Å²) in [6.45, 7) is 5.56. The maximum atomic E-state index is 12.5. The predicted octanol–water partition coefficient (Wildman–Crippen LogP) is 1.75. The van der Waals surface area contributed by atoms with E-state index in [9.17, 15) is 4.79 Å². The molecule has 5 nitrogen and oxygen atoms in total. The van der Waals surface area contributed by atoms with Gasteiger partial charge in [-0.2, -0.15) is 5.26 Å². The normalized spacial score (nSPS) is 20.5. The van der Waals surface area contributed by atoms with Crippen LogP contribution in [-0.2, 0) is 20.7 Å². The smallest absolute Gasteiger partial charge is 0.227 e. The fourth-order valence-corrected chi connectivity index (χ4v) is 2.74. The number of nitriles is 1. The molecule has 2 rings (SSSR count). The molecule has 22 heavy (non-hydrogen) atoms. The van der Waals surface area contributed by atoms with Gasteiger partial charge in [0, 0.05) is 20.2 Å². The Hall–Kier alpha value is -1.90. The summed E-state index contributed by atoms with van der Waals surface area (Å²) < 4.78 is 11.1. The second-order valence-electron chi connectivity index (χ2n) is 6.21. The van der Waals surface area contributed by atoms with Crippen LogP contribution in [0.15, 0.2) is 24.3 Å². The minimum Gasteiger partial charge on any atom is -0.382 e. The summed E-state index contributed by atoms with van der Waals surface area (Å²) in [7, 11) is 1.63. The van der Waals surface area contributed by atoms with E-state index in [-0.39, 0.29) is 17.6 Å². The van der Waals surface area contributed by atoms with Crippen molar-refractivity contribution in [3.8, 4) is 6.07 Å². The van der Waals surface area contributed by atoms with E-state index in [1.165, 1.54) is 0 Å². The number of methoxy groups -OCH3 is 1. The van der Waals surface area contributed by atoms with E-state index in [2.05, 4.69) is 6.07 Å². The molecule has 1 saturated heterocycles. The van der Waals surface area contributed by atoms with E-state index in [0.29, 0.717) is 31.7 Å². The Labute approximate surface area is 131 Å². The van der Waals surface area contributed by atoms with E-state index >= 15 is 0 Å². The maximum Gasteiger partial charge on any atom is 0.227 e. The van der Waals surface area contributed by atoms with Gasteiger partial charge in [-0.1, -0.05) is 12.1 Å². The van der Waals surface area contributed by atoms with Gasteiger partial charge in [0.1, 0.15) is 0 Å². The van der Waals surface area contributed by atoms with Gasteiger partial charge in [-0.25, -0.2) is 0 Å². The minimum atomic E-state index is -0.373. The average Bonchev–Trinajstić information content (AvgIpc) is 2.46. The summed E-state index contributed by atoms with van der Waals surface area (Å²) in [5, 5.41) is 8.80. The van der Waals surface area contributed by atoms with Crippen molar-refractivity contribution >= 4 is 5.91 Å². The summed E-state index contributed by atoms with van der Waals surface area (Å²) in [5.41, 5.74) is 1.14. The van der Waals surface area contributed by atoms with Crippen molar-refractivity contribution in [3.05, 3.63) is 35.4 Å².